The van der Waals surface area contributed by atoms with E-state index < -0.39 is 0 Å². The molecule has 0 heterocycles. The van der Waals surface area contributed by atoms with Crippen LogP contribution in [0.5, 0.6) is 0 Å². The Morgan fingerprint density at radius 3 is 2.75 bits per heavy atom. The van der Waals surface area contributed by atoms with Crippen LogP contribution < -0.4 is 0 Å². The summed E-state index contributed by atoms with van der Waals surface area (Å²) >= 11 is 9.97. The number of aryl methyl sites for hydroxylation is 1. The molecule has 2 atom stereocenters. The van der Waals surface area contributed by atoms with Gasteiger partial charge in [0.15, 0.2) is 0 Å². The Hall–Kier alpha value is -0.0100. The van der Waals surface area contributed by atoms with Gasteiger partial charge in [-0.3, -0.25) is 0 Å². The van der Waals surface area contributed by atoms with E-state index in [1.54, 1.807) is 0 Å². The van der Waals surface area contributed by atoms with Crippen LogP contribution in [0.3, 0.4) is 0 Å². The minimum atomic E-state index is 0.681. The number of alkyl halides is 1. The van der Waals surface area contributed by atoms with Crippen LogP contribution >= 0.6 is 27.5 Å². The van der Waals surface area contributed by atoms with Crippen molar-refractivity contribution in [2.24, 2.45) is 0 Å². The molecule has 0 spiro atoms. The molecular formula is C14H18BrCl. The molecule has 0 radical (unpaired) electrons. The molecule has 1 fully saturated rings. The molecule has 1 aromatic carbocycles. The van der Waals surface area contributed by atoms with E-state index in [4.69, 9.17) is 11.6 Å². The second-order valence-electron chi connectivity index (χ2n) is 4.82. The highest BCUT2D eigenvalue weighted by Crippen LogP contribution is 2.35. The van der Waals surface area contributed by atoms with Gasteiger partial charge in [-0.2, -0.15) is 0 Å². The van der Waals surface area contributed by atoms with Gasteiger partial charge in [-0.15, -0.1) is 0 Å². The summed E-state index contributed by atoms with van der Waals surface area (Å²) in [7, 11) is 0. The van der Waals surface area contributed by atoms with Crippen molar-refractivity contribution in [2.75, 3.05) is 0 Å². The molecule has 0 aliphatic heterocycles. The summed E-state index contributed by atoms with van der Waals surface area (Å²) in [5.74, 6) is 0.685. The number of hydrogen-bond acceptors (Lipinski definition) is 0. The molecule has 0 nitrogen and oxygen atoms in total. The molecule has 0 aromatic heterocycles. The van der Waals surface area contributed by atoms with E-state index in [0.717, 1.165) is 5.02 Å². The first-order valence-electron chi connectivity index (χ1n) is 6.07. The summed E-state index contributed by atoms with van der Waals surface area (Å²) in [6.45, 7) is 2.06. The maximum atomic E-state index is 6.20. The maximum Gasteiger partial charge on any atom is 0.0438 e. The minimum absolute atomic E-state index is 0.681. The SMILES string of the molecule is Cc1ccc(C2CCCCC(Br)C2)cc1Cl. The third kappa shape index (κ3) is 3.01. The third-order valence-electron chi connectivity index (χ3n) is 3.53. The summed E-state index contributed by atoms with van der Waals surface area (Å²) in [4.78, 5) is 0.681. The van der Waals surface area contributed by atoms with Crippen molar-refractivity contribution >= 4 is 27.5 Å². The summed E-state index contributed by atoms with van der Waals surface area (Å²) in [5, 5.41) is 0.910. The zero-order valence-electron chi connectivity index (χ0n) is 9.68. The lowest BCUT2D eigenvalue weighted by atomic mass is 9.91. The van der Waals surface area contributed by atoms with E-state index in [2.05, 4.69) is 41.1 Å². The lowest BCUT2D eigenvalue weighted by molar-refractivity contribution is 0.600. The molecule has 88 valence electrons. The highest BCUT2D eigenvalue weighted by Gasteiger charge is 2.19. The van der Waals surface area contributed by atoms with Gasteiger partial charge in [0.2, 0.25) is 0 Å². The summed E-state index contributed by atoms with van der Waals surface area (Å²) in [6, 6.07) is 6.55. The first-order chi connectivity index (χ1) is 7.66. The van der Waals surface area contributed by atoms with Crippen LogP contribution in [0.4, 0.5) is 0 Å². The summed E-state index contributed by atoms with van der Waals surface area (Å²) in [6.07, 6.45) is 6.57. The molecule has 0 amide bonds. The van der Waals surface area contributed by atoms with Crippen molar-refractivity contribution in [1.82, 2.24) is 0 Å². The number of hydrogen-bond donors (Lipinski definition) is 0. The van der Waals surface area contributed by atoms with Crippen molar-refractivity contribution < 1.29 is 0 Å². The smallest absolute Gasteiger partial charge is 0.0438 e. The van der Waals surface area contributed by atoms with Gasteiger partial charge in [0, 0.05) is 9.85 Å². The second kappa shape index (κ2) is 5.55. The highest BCUT2D eigenvalue weighted by atomic mass is 79.9. The Morgan fingerprint density at radius 2 is 2.00 bits per heavy atom. The largest absolute Gasteiger partial charge is 0.0890 e. The van der Waals surface area contributed by atoms with Gasteiger partial charge < -0.3 is 0 Å². The fraction of sp³-hybridized carbons (Fsp3) is 0.571. The van der Waals surface area contributed by atoms with Gasteiger partial charge in [-0.25, -0.2) is 0 Å². The van der Waals surface area contributed by atoms with E-state index >= 15 is 0 Å². The average Bonchev–Trinajstić information content (AvgIpc) is 2.47. The molecule has 0 saturated heterocycles. The lowest BCUT2D eigenvalue weighted by Crippen LogP contribution is -2.03. The van der Waals surface area contributed by atoms with Crippen molar-refractivity contribution in [3.05, 3.63) is 34.3 Å². The van der Waals surface area contributed by atoms with Gasteiger partial charge in [0.25, 0.3) is 0 Å². The number of benzene rings is 1. The predicted molar refractivity (Wildman–Crippen MR) is 74.7 cm³/mol. The predicted octanol–water partition coefficient (Wildman–Crippen LogP) is 5.46. The number of halogens is 2. The van der Waals surface area contributed by atoms with E-state index in [0.29, 0.717) is 10.7 Å². The van der Waals surface area contributed by atoms with Gasteiger partial charge >= 0.3 is 0 Å². The molecule has 2 heteroatoms. The van der Waals surface area contributed by atoms with Gasteiger partial charge in [0.1, 0.15) is 0 Å². The Bertz CT molecular complexity index is 362. The van der Waals surface area contributed by atoms with E-state index in [1.807, 2.05) is 0 Å². The average molecular weight is 302 g/mol. The van der Waals surface area contributed by atoms with E-state index in [-0.39, 0.29) is 0 Å². The van der Waals surface area contributed by atoms with Crippen LogP contribution in [-0.4, -0.2) is 4.83 Å². The van der Waals surface area contributed by atoms with Crippen LogP contribution in [0.2, 0.25) is 5.02 Å². The zero-order chi connectivity index (χ0) is 11.5. The monoisotopic (exact) mass is 300 g/mol. The van der Waals surface area contributed by atoms with Crippen LogP contribution in [0.1, 0.15) is 49.1 Å². The molecule has 1 aliphatic rings. The van der Waals surface area contributed by atoms with E-state index in [1.165, 1.54) is 43.2 Å². The van der Waals surface area contributed by atoms with Crippen LogP contribution in [0, 0.1) is 6.92 Å². The minimum Gasteiger partial charge on any atom is -0.0890 e. The molecule has 2 rings (SSSR count). The molecule has 0 bridgehead atoms. The normalized spacial score (nSPS) is 26.4. The van der Waals surface area contributed by atoms with Crippen LogP contribution in [0.25, 0.3) is 0 Å². The zero-order valence-corrected chi connectivity index (χ0v) is 12.0. The van der Waals surface area contributed by atoms with Crippen LogP contribution in [0.15, 0.2) is 18.2 Å². The fourth-order valence-corrected chi connectivity index (χ4v) is 3.43. The Balaban J connectivity index is 2.18. The first kappa shape index (κ1) is 12.4. The van der Waals surface area contributed by atoms with Gasteiger partial charge in [-0.05, 0) is 49.3 Å². The second-order valence-corrected chi connectivity index (χ2v) is 6.53. The van der Waals surface area contributed by atoms with Gasteiger partial charge in [-0.1, -0.05) is 52.5 Å². The summed E-state index contributed by atoms with van der Waals surface area (Å²) in [5.41, 5.74) is 2.59. The topological polar surface area (TPSA) is 0 Å². The molecule has 1 saturated carbocycles. The Kier molecular flexibility index (Phi) is 4.32. The van der Waals surface area contributed by atoms with Crippen molar-refractivity contribution in [3.8, 4) is 0 Å². The molecular weight excluding hydrogens is 284 g/mol. The molecule has 0 N–H and O–H groups in total. The lowest BCUT2D eigenvalue weighted by Gasteiger charge is -2.17. The van der Waals surface area contributed by atoms with Crippen LogP contribution in [-0.2, 0) is 0 Å². The standard InChI is InChI=1S/C14H18BrCl/c1-10-6-7-12(9-14(10)16)11-4-2-3-5-13(15)8-11/h6-7,9,11,13H,2-5,8H2,1H3. The number of rotatable bonds is 1. The molecule has 1 aliphatic carbocycles. The van der Waals surface area contributed by atoms with E-state index in [9.17, 15) is 0 Å². The van der Waals surface area contributed by atoms with Crippen molar-refractivity contribution in [2.45, 2.75) is 49.8 Å². The highest BCUT2D eigenvalue weighted by molar-refractivity contribution is 9.09. The molecule has 2 unspecified atom stereocenters. The fourth-order valence-electron chi connectivity index (χ4n) is 2.47. The molecule has 1 aromatic rings. The Labute approximate surface area is 112 Å². The van der Waals surface area contributed by atoms with Gasteiger partial charge in [0.05, 0.1) is 0 Å². The maximum absolute atomic E-state index is 6.20. The van der Waals surface area contributed by atoms with Crippen molar-refractivity contribution in [3.63, 3.8) is 0 Å². The first-order valence-corrected chi connectivity index (χ1v) is 7.36. The molecule has 16 heavy (non-hydrogen) atoms. The Morgan fingerprint density at radius 1 is 1.25 bits per heavy atom. The summed E-state index contributed by atoms with van der Waals surface area (Å²) < 4.78 is 0. The van der Waals surface area contributed by atoms with Crippen molar-refractivity contribution in [1.29, 1.82) is 0 Å². The third-order valence-corrected chi connectivity index (χ3v) is 4.77. The quantitative estimate of drug-likeness (QED) is 0.477.